The van der Waals surface area contributed by atoms with Crippen LogP contribution < -0.4 is 0 Å². The Bertz CT molecular complexity index is 308. The number of aliphatic hydroxyl groups excluding tert-OH is 1. The van der Waals surface area contributed by atoms with Crippen LogP contribution in [0.5, 0.6) is 0 Å². The van der Waals surface area contributed by atoms with E-state index in [2.05, 4.69) is 0 Å². The topological polar surface area (TPSA) is 63.4 Å². The minimum atomic E-state index is -0.417. The van der Waals surface area contributed by atoms with E-state index < -0.39 is 4.92 Å². The fourth-order valence-electron chi connectivity index (χ4n) is 1.22. The molecule has 0 spiro atoms. The molecule has 4 heteroatoms. The highest BCUT2D eigenvalue weighted by molar-refractivity contribution is 5.32. The van der Waals surface area contributed by atoms with Crippen LogP contribution in [0, 0.1) is 16.0 Å². The molecule has 1 aromatic carbocycles. The number of benzene rings is 1. The number of hydrogen-bond donors (Lipinski definition) is 1. The summed E-state index contributed by atoms with van der Waals surface area (Å²) in [7, 11) is 0. The zero-order chi connectivity index (χ0) is 10.6. The fraction of sp³-hybridized carbons (Fsp3) is 0.400. The Hall–Kier alpha value is -1.42. The maximum Gasteiger partial charge on any atom is 0.269 e. The molecule has 14 heavy (non-hydrogen) atoms. The summed E-state index contributed by atoms with van der Waals surface area (Å²) in [5.41, 5.74) is 1.11. The first-order chi connectivity index (χ1) is 6.63. The Morgan fingerprint density at radius 1 is 1.43 bits per heavy atom. The highest BCUT2D eigenvalue weighted by Gasteiger charge is 2.06. The van der Waals surface area contributed by atoms with Crippen molar-refractivity contribution in [3.63, 3.8) is 0 Å². The van der Waals surface area contributed by atoms with Crippen LogP contribution in [0.1, 0.15) is 12.5 Å². The Labute approximate surface area is 82.3 Å². The first-order valence-electron chi connectivity index (χ1n) is 4.47. The summed E-state index contributed by atoms with van der Waals surface area (Å²) in [6.45, 7) is 2.07. The van der Waals surface area contributed by atoms with E-state index in [0.717, 1.165) is 12.0 Å². The average Bonchev–Trinajstić information content (AvgIpc) is 2.18. The summed E-state index contributed by atoms with van der Waals surface area (Å²) < 4.78 is 0. The van der Waals surface area contributed by atoms with Crippen molar-refractivity contribution < 1.29 is 10.0 Å². The van der Waals surface area contributed by atoms with Gasteiger partial charge >= 0.3 is 0 Å². The minimum Gasteiger partial charge on any atom is -0.396 e. The van der Waals surface area contributed by atoms with Crippen molar-refractivity contribution in [2.45, 2.75) is 13.3 Å². The summed E-state index contributed by atoms with van der Waals surface area (Å²) in [4.78, 5) is 9.94. The monoisotopic (exact) mass is 195 g/mol. The van der Waals surface area contributed by atoms with Gasteiger partial charge in [0.05, 0.1) is 4.92 Å². The van der Waals surface area contributed by atoms with Crippen molar-refractivity contribution in [1.29, 1.82) is 0 Å². The summed E-state index contributed by atoms with van der Waals surface area (Å²) >= 11 is 0. The van der Waals surface area contributed by atoms with Crippen LogP contribution in [0.2, 0.25) is 0 Å². The van der Waals surface area contributed by atoms with Gasteiger partial charge in [-0.3, -0.25) is 10.1 Å². The molecular weight excluding hydrogens is 182 g/mol. The van der Waals surface area contributed by atoms with Crippen LogP contribution in [0.3, 0.4) is 0 Å². The molecule has 0 saturated carbocycles. The molecule has 1 N–H and O–H groups in total. The molecule has 0 aliphatic rings. The van der Waals surface area contributed by atoms with Crippen molar-refractivity contribution >= 4 is 5.69 Å². The molecule has 0 aliphatic heterocycles. The van der Waals surface area contributed by atoms with E-state index in [1.165, 1.54) is 12.1 Å². The molecule has 0 bridgehead atoms. The maximum atomic E-state index is 10.4. The van der Waals surface area contributed by atoms with Gasteiger partial charge < -0.3 is 5.11 Å². The average molecular weight is 195 g/mol. The van der Waals surface area contributed by atoms with Gasteiger partial charge in [-0.1, -0.05) is 19.1 Å². The van der Waals surface area contributed by atoms with Crippen molar-refractivity contribution in [3.8, 4) is 0 Å². The van der Waals surface area contributed by atoms with E-state index >= 15 is 0 Å². The van der Waals surface area contributed by atoms with E-state index in [-0.39, 0.29) is 18.2 Å². The lowest BCUT2D eigenvalue weighted by Gasteiger charge is -2.06. The van der Waals surface area contributed by atoms with Crippen LogP contribution in [-0.2, 0) is 6.42 Å². The number of nitro benzene ring substituents is 1. The predicted molar refractivity (Wildman–Crippen MR) is 53.1 cm³/mol. The van der Waals surface area contributed by atoms with Gasteiger partial charge in [0.1, 0.15) is 0 Å². The number of nitrogens with zero attached hydrogens (tertiary/aromatic N) is 1. The quantitative estimate of drug-likeness (QED) is 0.588. The smallest absolute Gasteiger partial charge is 0.269 e. The van der Waals surface area contributed by atoms with Gasteiger partial charge in [0.2, 0.25) is 0 Å². The van der Waals surface area contributed by atoms with Crippen LogP contribution in [0.4, 0.5) is 5.69 Å². The van der Waals surface area contributed by atoms with Gasteiger partial charge in [-0.25, -0.2) is 0 Å². The third-order valence-corrected chi connectivity index (χ3v) is 2.04. The molecule has 1 rings (SSSR count). The molecular formula is C10H13NO3. The SMILES string of the molecule is C[C@H](CO)Cc1ccc([N+](=O)[O-])cc1. The van der Waals surface area contributed by atoms with Crippen LogP contribution in [0.25, 0.3) is 0 Å². The second-order valence-electron chi connectivity index (χ2n) is 3.42. The Kier molecular flexibility index (Phi) is 3.59. The summed E-state index contributed by atoms with van der Waals surface area (Å²) in [5, 5.41) is 19.2. The van der Waals surface area contributed by atoms with Gasteiger partial charge in [-0.2, -0.15) is 0 Å². The molecule has 0 unspecified atom stereocenters. The third kappa shape index (κ3) is 2.81. The van der Waals surface area contributed by atoms with E-state index in [1.807, 2.05) is 6.92 Å². The number of aliphatic hydroxyl groups is 1. The third-order valence-electron chi connectivity index (χ3n) is 2.04. The second-order valence-corrected chi connectivity index (χ2v) is 3.42. The summed E-state index contributed by atoms with van der Waals surface area (Å²) in [6, 6.07) is 6.42. The van der Waals surface area contributed by atoms with E-state index in [4.69, 9.17) is 5.11 Å². The van der Waals surface area contributed by atoms with Gasteiger partial charge in [0, 0.05) is 18.7 Å². The van der Waals surface area contributed by atoms with E-state index in [9.17, 15) is 10.1 Å². The Morgan fingerprint density at radius 2 is 2.00 bits per heavy atom. The molecule has 0 heterocycles. The van der Waals surface area contributed by atoms with Crippen molar-refractivity contribution in [3.05, 3.63) is 39.9 Å². The lowest BCUT2D eigenvalue weighted by Crippen LogP contribution is -2.04. The Morgan fingerprint density at radius 3 is 2.43 bits per heavy atom. The molecule has 0 fully saturated rings. The molecule has 0 aromatic heterocycles. The zero-order valence-electron chi connectivity index (χ0n) is 8.01. The predicted octanol–water partition coefficient (Wildman–Crippen LogP) is 1.77. The fourth-order valence-corrected chi connectivity index (χ4v) is 1.22. The number of rotatable bonds is 4. The van der Waals surface area contributed by atoms with Crippen LogP contribution in [-0.4, -0.2) is 16.6 Å². The van der Waals surface area contributed by atoms with Crippen LogP contribution >= 0.6 is 0 Å². The number of hydrogen-bond acceptors (Lipinski definition) is 3. The standard InChI is InChI=1S/C10H13NO3/c1-8(7-12)6-9-2-4-10(5-3-9)11(13)14/h2-5,8,12H,6-7H2,1H3/t8-/m0/s1. The molecule has 1 atom stereocenters. The van der Waals surface area contributed by atoms with Gasteiger partial charge in [0.15, 0.2) is 0 Å². The van der Waals surface area contributed by atoms with E-state index in [1.54, 1.807) is 12.1 Å². The zero-order valence-corrected chi connectivity index (χ0v) is 8.01. The molecule has 0 amide bonds. The first-order valence-corrected chi connectivity index (χ1v) is 4.47. The minimum absolute atomic E-state index is 0.102. The highest BCUT2D eigenvalue weighted by atomic mass is 16.6. The molecule has 4 nitrogen and oxygen atoms in total. The van der Waals surface area contributed by atoms with Gasteiger partial charge in [-0.15, -0.1) is 0 Å². The molecule has 0 saturated heterocycles. The van der Waals surface area contributed by atoms with E-state index in [0.29, 0.717) is 0 Å². The lowest BCUT2D eigenvalue weighted by atomic mass is 10.0. The largest absolute Gasteiger partial charge is 0.396 e. The summed E-state index contributed by atoms with van der Waals surface area (Å²) in [5.74, 6) is 0.191. The normalized spacial score (nSPS) is 12.4. The lowest BCUT2D eigenvalue weighted by molar-refractivity contribution is -0.384. The van der Waals surface area contributed by atoms with Crippen molar-refractivity contribution in [1.82, 2.24) is 0 Å². The Balaban J connectivity index is 2.68. The van der Waals surface area contributed by atoms with Crippen molar-refractivity contribution in [2.75, 3.05) is 6.61 Å². The summed E-state index contributed by atoms with van der Waals surface area (Å²) in [6.07, 6.45) is 0.745. The number of nitro groups is 1. The number of non-ortho nitro benzene ring substituents is 1. The van der Waals surface area contributed by atoms with Gasteiger partial charge in [0.25, 0.3) is 5.69 Å². The van der Waals surface area contributed by atoms with Gasteiger partial charge in [-0.05, 0) is 17.9 Å². The van der Waals surface area contributed by atoms with Crippen molar-refractivity contribution in [2.24, 2.45) is 5.92 Å². The maximum absolute atomic E-state index is 10.4. The second kappa shape index (κ2) is 4.72. The van der Waals surface area contributed by atoms with Crippen LogP contribution in [0.15, 0.2) is 24.3 Å². The first kappa shape index (κ1) is 10.7. The molecule has 0 aliphatic carbocycles. The highest BCUT2D eigenvalue weighted by Crippen LogP contribution is 2.14. The molecule has 0 radical (unpaired) electrons. The molecule has 1 aromatic rings. The molecule has 76 valence electrons.